The van der Waals surface area contributed by atoms with Gasteiger partial charge in [0.15, 0.2) is 5.17 Å². The number of nitrogens with zero attached hydrogens (tertiary/aromatic N) is 1. The number of fused-ring (bicyclic) bond motifs is 1. The van der Waals surface area contributed by atoms with E-state index in [4.69, 9.17) is 5.41 Å². The molecule has 5 heteroatoms. The Hall–Kier alpha value is -2.92. The number of nitrogens with one attached hydrogen (secondary N) is 1. The van der Waals surface area contributed by atoms with Crippen LogP contribution < -0.4 is 4.90 Å². The summed E-state index contributed by atoms with van der Waals surface area (Å²) in [7, 11) is 0. The topological polar surface area (TPSA) is 44.2 Å². The maximum atomic E-state index is 13.1. The van der Waals surface area contributed by atoms with Crippen LogP contribution in [0.3, 0.4) is 0 Å². The number of amidine groups is 1. The Labute approximate surface area is 148 Å². The van der Waals surface area contributed by atoms with Crippen molar-refractivity contribution in [3.05, 3.63) is 83.0 Å². The Morgan fingerprint density at radius 3 is 2.48 bits per heavy atom. The van der Waals surface area contributed by atoms with Gasteiger partial charge in [0, 0.05) is 0 Å². The highest BCUT2D eigenvalue weighted by Gasteiger charge is 2.33. The van der Waals surface area contributed by atoms with E-state index in [1.807, 2.05) is 48.5 Å². The summed E-state index contributed by atoms with van der Waals surface area (Å²) in [4.78, 5) is 14.5. The molecule has 0 aliphatic carbocycles. The lowest BCUT2D eigenvalue weighted by Gasteiger charge is -2.13. The van der Waals surface area contributed by atoms with Crippen molar-refractivity contribution in [1.29, 1.82) is 5.41 Å². The minimum absolute atomic E-state index is 0.114. The van der Waals surface area contributed by atoms with Gasteiger partial charge in [0.2, 0.25) is 0 Å². The zero-order valence-electron chi connectivity index (χ0n) is 13.1. The van der Waals surface area contributed by atoms with Crippen LogP contribution in [0.2, 0.25) is 0 Å². The summed E-state index contributed by atoms with van der Waals surface area (Å²) in [5, 5.41) is 10.4. The average Bonchev–Trinajstić information content (AvgIpc) is 2.90. The molecule has 0 unspecified atom stereocenters. The number of benzene rings is 3. The van der Waals surface area contributed by atoms with Gasteiger partial charge in [-0.15, -0.1) is 0 Å². The zero-order chi connectivity index (χ0) is 17.4. The molecular formula is C20H13FN2OS. The summed E-state index contributed by atoms with van der Waals surface area (Å²) in [6, 6.07) is 19.5. The van der Waals surface area contributed by atoms with Gasteiger partial charge in [0.25, 0.3) is 5.91 Å². The Morgan fingerprint density at radius 2 is 1.68 bits per heavy atom. The van der Waals surface area contributed by atoms with E-state index in [0.717, 1.165) is 28.1 Å². The zero-order valence-corrected chi connectivity index (χ0v) is 13.9. The Morgan fingerprint density at radius 1 is 0.960 bits per heavy atom. The fourth-order valence-corrected chi connectivity index (χ4v) is 3.68. The second-order valence-electron chi connectivity index (χ2n) is 5.60. The number of carbonyl (C=O) groups excluding carboxylic acids is 1. The van der Waals surface area contributed by atoms with Crippen LogP contribution in [0.25, 0.3) is 16.8 Å². The minimum Gasteiger partial charge on any atom is -0.278 e. The lowest BCUT2D eigenvalue weighted by molar-refractivity contribution is -0.113. The van der Waals surface area contributed by atoms with E-state index in [2.05, 4.69) is 0 Å². The number of carbonyl (C=O) groups is 1. The number of thioether (sulfide) groups is 1. The smallest absolute Gasteiger partial charge is 0.271 e. The van der Waals surface area contributed by atoms with E-state index in [1.165, 1.54) is 29.2 Å². The highest BCUT2D eigenvalue weighted by molar-refractivity contribution is 8.19. The third-order valence-electron chi connectivity index (χ3n) is 4.02. The van der Waals surface area contributed by atoms with Crippen molar-refractivity contribution in [1.82, 2.24) is 0 Å². The van der Waals surface area contributed by atoms with Crippen molar-refractivity contribution in [3.63, 3.8) is 0 Å². The van der Waals surface area contributed by atoms with Crippen molar-refractivity contribution >= 4 is 45.4 Å². The molecule has 1 aliphatic heterocycles. The second-order valence-corrected chi connectivity index (χ2v) is 6.63. The molecule has 0 radical (unpaired) electrons. The maximum Gasteiger partial charge on any atom is 0.271 e. The molecule has 3 nitrogen and oxygen atoms in total. The summed E-state index contributed by atoms with van der Waals surface area (Å²) < 4.78 is 13.1. The lowest BCUT2D eigenvalue weighted by Crippen LogP contribution is -2.28. The van der Waals surface area contributed by atoms with Crippen LogP contribution >= 0.6 is 11.8 Å². The first-order valence-electron chi connectivity index (χ1n) is 7.69. The van der Waals surface area contributed by atoms with Crippen molar-refractivity contribution in [2.24, 2.45) is 0 Å². The van der Waals surface area contributed by atoms with E-state index in [0.29, 0.717) is 10.6 Å². The third kappa shape index (κ3) is 2.83. The summed E-state index contributed by atoms with van der Waals surface area (Å²) in [5.74, 6) is -0.643. The molecule has 4 rings (SSSR count). The van der Waals surface area contributed by atoms with Crippen LogP contribution in [-0.4, -0.2) is 11.1 Å². The first kappa shape index (κ1) is 15.6. The number of hydrogen-bond donors (Lipinski definition) is 1. The first-order chi connectivity index (χ1) is 12.1. The van der Waals surface area contributed by atoms with Crippen LogP contribution in [0, 0.1) is 11.2 Å². The largest absolute Gasteiger partial charge is 0.278 e. The number of anilines is 1. The van der Waals surface area contributed by atoms with Gasteiger partial charge in [-0.3, -0.25) is 15.1 Å². The monoisotopic (exact) mass is 348 g/mol. The number of halogens is 1. The summed E-state index contributed by atoms with van der Waals surface area (Å²) in [6.45, 7) is 0. The molecule has 1 heterocycles. The van der Waals surface area contributed by atoms with Gasteiger partial charge in [0.1, 0.15) is 5.82 Å². The van der Waals surface area contributed by atoms with E-state index >= 15 is 0 Å². The van der Waals surface area contributed by atoms with Crippen LogP contribution in [0.15, 0.2) is 71.6 Å². The summed E-state index contributed by atoms with van der Waals surface area (Å²) in [5.41, 5.74) is 1.42. The van der Waals surface area contributed by atoms with Gasteiger partial charge in [0.05, 0.1) is 10.6 Å². The predicted octanol–water partition coefficient (Wildman–Crippen LogP) is 5.03. The number of amides is 1. The molecule has 3 aromatic rings. The summed E-state index contributed by atoms with van der Waals surface area (Å²) >= 11 is 1.11. The third-order valence-corrected chi connectivity index (χ3v) is 4.91. The molecule has 1 fully saturated rings. The van der Waals surface area contributed by atoms with Crippen LogP contribution in [0.1, 0.15) is 5.56 Å². The van der Waals surface area contributed by atoms with Crippen LogP contribution in [-0.2, 0) is 4.79 Å². The van der Waals surface area contributed by atoms with E-state index < -0.39 is 0 Å². The van der Waals surface area contributed by atoms with E-state index in [1.54, 1.807) is 0 Å². The van der Waals surface area contributed by atoms with Gasteiger partial charge in [-0.05, 0) is 58.4 Å². The number of rotatable bonds is 2. The van der Waals surface area contributed by atoms with Crippen molar-refractivity contribution < 1.29 is 9.18 Å². The Balaban J connectivity index is 1.74. The molecule has 1 aliphatic rings. The quantitative estimate of drug-likeness (QED) is 0.660. The Bertz CT molecular complexity index is 1020. The van der Waals surface area contributed by atoms with Crippen molar-refractivity contribution in [2.45, 2.75) is 0 Å². The molecular weight excluding hydrogens is 335 g/mol. The first-order valence-corrected chi connectivity index (χ1v) is 8.51. The fraction of sp³-hybridized carbons (Fsp3) is 0. The molecule has 3 aromatic carbocycles. The molecule has 0 saturated carbocycles. The van der Waals surface area contributed by atoms with Gasteiger partial charge < -0.3 is 0 Å². The van der Waals surface area contributed by atoms with Crippen LogP contribution in [0.4, 0.5) is 10.1 Å². The molecule has 0 aromatic heterocycles. The Kier molecular flexibility index (Phi) is 3.86. The lowest BCUT2D eigenvalue weighted by atomic mass is 10.0. The molecule has 122 valence electrons. The molecule has 0 spiro atoms. The van der Waals surface area contributed by atoms with Gasteiger partial charge >= 0.3 is 0 Å². The van der Waals surface area contributed by atoms with Gasteiger partial charge in [-0.1, -0.05) is 42.5 Å². The summed E-state index contributed by atoms with van der Waals surface area (Å²) in [6.07, 6.45) is 1.81. The van der Waals surface area contributed by atoms with Gasteiger partial charge in [-0.2, -0.15) is 0 Å². The maximum absolute atomic E-state index is 13.1. The highest BCUT2D eigenvalue weighted by atomic mass is 32.2. The van der Waals surface area contributed by atoms with E-state index in [-0.39, 0.29) is 16.9 Å². The van der Waals surface area contributed by atoms with Crippen LogP contribution in [0.5, 0.6) is 0 Å². The fourth-order valence-electron chi connectivity index (χ4n) is 2.83. The van der Waals surface area contributed by atoms with Gasteiger partial charge in [-0.25, -0.2) is 4.39 Å². The minimum atomic E-state index is -0.374. The molecule has 1 amide bonds. The second kappa shape index (κ2) is 6.18. The average molecular weight is 348 g/mol. The van der Waals surface area contributed by atoms with E-state index in [9.17, 15) is 9.18 Å². The normalized spacial score (nSPS) is 16.2. The molecule has 1 N–H and O–H groups in total. The predicted molar refractivity (Wildman–Crippen MR) is 101 cm³/mol. The molecule has 0 bridgehead atoms. The van der Waals surface area contributed by atoms with Crippen molar-refractivity contribution in [3.8, 4) is 0 Å². The molecule has 0 atom stereocenters. The highest BCUT2D eigenvalue weighted by Crippen LogP contribution is 2.36. The van der Waals surface area contributed by atoms with Crippen molar-refractivity contribution in [2.75, 3.05) is 4.90 Å². The standard InChI is InChI=1S/C20H13FN2OS/c21-15-8-10-16(11-9-15)23-19(24)18(25-20(23)22)12-14-6-3-5-13-4-1-2-7-17(13)14/h1-12,22H. The molecule has 1 saturated heterocycles. The molecule has 25 heavy (non-hydrogen) atoms. The number of hydrogen-bond acceptors (Lipinski definition) is 3. The SMILES string of the molecule is N=C1SC(=Cc2cccc3ccccc23)C(=O)N1c1ccc(F)cc1.